The number of rotatable bonds is 1. The van der Waals surface area contributed by atoms with Gasteiger partial charge in [0.25, 0.3) is 0 Å². The van der Waals surface area contributed by atoms with E-state index in [2.05, 4.69) is 15.3 Å². The van der Waals surface area contributed by atoms with Crippen molar-refractivity contribution in [3.63, 3.8) is 0 Å². The van der Waals surface area contributed by atoms with Crippen LogP contribution in [0.2, 0.25) is 0 Å². The standard InChI is InChI=1S/C12H14N6O3/c13-10-1-2-17(12(19)15-10)11-3-8-9(21-11)5-18-7(6-20-8)4-14-16-18/h1-2,4,8-9,11H,3,5-6H2,(H2,13,15,19)/t8-,9-,11-/m1/s1. The van der Waals surface area contributed by atoms with Crippen LogP contribution < -0.4 is 11.4 Å². The van der Waals surface area contributed by atoms with Gasteiger partial charge in [0.15, 0.2) is 0 Å². The minimum absolute atomic E-state index is 0.0823. The van der Waals surface area contributed by atoms with Gasteiger partial charge >= 0.3 is 5.69 Å². The van der Waals surface area contributed by atoms with Crippen molar-refractivity contribution in [2.24, 2.45) is 0 Å². The first-order valence-electron chi connectivity index (χ1n) is 6.70. The zero-order valence-corrected chi connectivity index (χ0v) is 11.1. The summed E-state index contributed by atoms with van der Waals surface area (Å²) in [6, 6.07) is 1.58. The van der Waals surface area contributed by atoms with Crippen LogP contribution in [-0.2, 0) is 22.6 Å². The maximum Gasteiger partial charge on any atom is 0.351 e. The first-order valence-corrected chi connectivity index (χ1v) is 6.70. The molecule has 0 unspecified atom stereocenters. The third kappa shape index (κ3) is 2.10. The van der Waals surface area contributed by atoms with Crippen molar-refractivity contribution in [1.29, 1.82) is 0 Å². The van der Waals surface area contributed by atoms with Crippen LogP contribution in [0.1, 0.15) is 18.3 Å². The van der Waals surface area contributed by atoms with Crippen molar-refractivity contribution in [3.8, 4) is 0 Å². The summed E-state index contributed by atoms with van der Waals surface area (Å²) in [5.41, 5.74) is 6.00. The quantitative estimate of drug-likeness (QED) is 0.739. The van der Waals surface area contributed by atoms with Crippen molar-refractivity contribution in [3.05, 3.63) is 34.6 Å². The SMILES string of the molecule is Nc1ccn([C@H]2C[C@H]3OCc4cnnn4C[C@H]3O2)c(=O)n1. The highest BCUT2D eigenvalue weighted by Gasteiger charge is 2.39. The topological polar surface area (TPSA) is 110 Å². The third-order valence-electron chi connectivity index (χ3n) is 3.84. The second-order valence-corrected chi connectivity index (χ2v) is 5.16. The maximum atomic E-state index is 11.9. The van der Waals surface area contributed by atoms with E-state index in [9.17, 15) is 4.79 Å². The van der Waals surface area contributed by atoms with Crippen LogP contribution in [0.5, 0.6) is 0 Å². The molecule has 0 saturated carbocycles. The van der Waals surface area contributed by atoms with E-state index in [1.54, 1.807) is 23.1 Å². The van der Waals surface area contributed by atoms with Crippen molar-refractivity contribution < 1.29 is 9.47 Å². The van der Waals surface area contributed by atoms with E-state index < -0.39 is 11.9 Å². The zero-order chi connectivity index (χ0) is 14.4. The van der Waals surface area contributed by atoms with Gasteiger partial charge in [-0.15, -0.1) is 5.10 Å². The summed E-state index contributed by atoms with van der Waals surface area (Å²) in [7, 11) is 0. The fourth-order valence-electron chi connectivity index (χ4n) is 2.76. The molecule has 0 aliphatic carbocycles. The molecule has 2 aliphatic rings. The van der Waals surface area contributed by atoms with Gasteiger partial charge in [-0.05, 0) is 6.07 Å². The van der Waals surface area contributed by atoms with Crippen molar-refractivity contribution in [2.75, 3.05) is 5.73 Å². The Morgan fingerprint density at radius 3 is 3.14 bits per heavy atom. The molecule has 1 fully saturated rings. The van der Waals surface area contributed by atoms with Gasteiger partial charge in [-0.3, -0.25) is 4.57 Å². The lowest BCUT2D eigenvalue weighted by atomic mass is 10.2. The van der Waals surface area contributed by atoms with Crippen LogP contribution >= 0.6 is 0 Å². The fourth-order valence-corrected chi connectivity index (χ4v) is 2.76. The Hall–Kier alpha value is -2.26. The molecule has 2 N–H and O–H groups in total. The lowest BCUT2D eigenvalue weighted by Crippen LogP contribution is -2.28. The van der Waals surface area contributed by atoms with Crippen LogP contribution in [0.25, 0.3) is 0 Å². The number of nitrogens with zero attached hydrogens (tertiary/aromatic N) is 5. The van der Waals surface area contributed by atoms with Crippen LogP contribution in [0, 0.1) is 0 Å². The number of anilines is 1. The summed E-state index contributed by atoms with van der Waals surface area (Å²) in [5.74, 6) is 0.201. The Morgan fingerprint density at radius 1 is 1.38 bits per heavy atom. The highest BCUT2D eigenvalue weighted by molar-refractivity contribution is 5.23. The van der Waals surface area contributed by atoms with Crippen molar-refractivity contribution in [2.45, 2.75) is 38.0 Å². The van der Waals surface area contributed by atoms with E-state index in [0.29, 0.717) is 19.6 Å². The normalized spacial score (nSPS) is 27.9. The molecule has 4 heterocycles. The van der Waals surface area contributed by atoms with E-state index in [4.69, 9.17) is 15.2 Å². The molecule has 0 bridgehead atoms. The summed E-state index contributed by atoms with van der Waals surface area (Å²) < 4.78 is 15.0. The lowest BCUT2D eigenvalue weighted by molar-refractivity contribution is -0.0426. The average molecular weight is 290 g/mol. The van der Waals surface area contributed by atoms with Gasteiger partial charge in [0.1, 0.15) is 18.1 Å². The first-order chi connectivity index (χ1) is 10.2. The number of hydrogen-bond donors (Lipinski definition) is 1. The molecule has 9 heteroatoms. The monoisotopic (exact) mass is 290 g/mol. The van der Waals surface area contributed by atoms with Crippen LogP contribution in [0.15, 0.2) is 23.3 Å². The summed E-state index contributed by atoms with van der Waals surface area (Å²) in [6.07, 6.45) is 3.23. The van der Waals surface area contributed by atoms with E-state index in [1.165, 1.54) is 4.57 Å². The summed E-state index contributed by atoms with van der Waals surface area (Å²) in [6.45, 7) is 1.01. The third-order valence-corrected chi connectivity index (χ3v) is 3.84. The predicted molar refractivity (Wildman–Crippen MR) is 70.0 cm³/mol. The largest absolute Gasteiger partial charge is 0.383 e. The second kappa shape index (κ2) is 4.64. The van der Waals surface area contributed by atoms with E-state index in [-0.39, 0.29) is 18.0 Å². The first kappa shape index (κ1) is 12.5. The van der Waals surface area contributed by atoms with E-state index in [0.717, 1.165) is 5.69 Å². The molecule has 0 aromatic carbocycles. The molecular weight excluding hydrogens is 276 g/mol. The van der Waals surface area contributed by atoms with Crippen LogP contribution in [0.3, 0.4) is 0 Å². The predicted octanol–water partition coefficient (Wildman–Crippen LogP) is -0.697. The van der Waals surface area contributed by atoms with Gasteiger partial charge < -0.3 is 15.2 Å². The molecular formula is C12H14N6O3. The molecule has 4 rings (SSSR count). The molecule has 1 saturated heterocycles. The van der Waals surface area contributed by atoms with Gasteiger partial charge in [-0.1, -0.05) is 5.21 Å². The minimum Gasteiger partial charge on any atom is -0.383 e. The Bertz CT molecular complexity index is 726. The van der Waals surface area contributed by atoms with Gasteiger partial charge in [0.05, 0.1) is 31.1 Å². The molecule has 3 atom stereocenters. The van der Waals surface area contributed by atoms with E-state index in [1.807, 2.05) is 0 Å². The zero-order valence-electron chi connectivity index (χ0n) is 11.1. The number of aromatic nitrogens is 5. The Labute approximate surface area is 119 Å². The lowest BCUT2D eigenvalue weighted by Gasteiger charge is -2.15. The van der Waals surface area contributed by atoms with Crippen LogP contribution in [-0.4, -0.2) is 36.8 Å². The average Bonchev–Trinajstić information content (AvgIpc) is 3.02. The molecule has 0 radical (unpaired) electrons. The minimum atomic E-state index is -0.419. The summed E-state index contributed by atoms with van der Waals surface area (Å²) >= 11 is 0. The molecule has 0 amide bonds. The fraction of sp³-hybridized carbons (Fsp3) is 0.500. The smallest absolute Gasteiger partial charge is 0.351 e. The number of nitrogen functional groups attached to an aromatic ring is 1. The molecule has 2 aromatic heterocycles. The summed E-state index contributed by atoms with van der Waals surface area (Å²) in [5, 5.41) is 7.87. The molecule has 110 valence electrons. The number of hydrogen-bond acceptors (Lipinski definition) is 7. The van der Waals surface area contributed by atoms with Crippen molar-refractivity contribution in [1.82, 2.24) is 24.5 Å². The Balaban J connectivity index is 1.59. The molecule has 21 heavy (non-hydrogen) atoms. The number of nitrogens with two attached hydrogens (primary N) is 1. The van der Waals surface area contributed by atoms with E-state index >= 15 is 0 Å². The van der Waals surface area contributed by atoms with Crippen LogP contribution in [0.4, 0.5) is 5.82 Å². The van der Waals surface area contributed by atoms with Gasteiger partial charge in [-0.2, -0.15) is 4.98 Å². The second-order valence-electron chi connectivity index (χ2n) is 5.16. The molecule has 2 aliphatic heterocycles. The highest BCUT2D eigenvalue weighted by Crippen LogP contribution is 2.32. The Morgan fingerprint density at radius 2 is 2.29 bits per heavy atom. The van der Waals surface area contributed by atoms with Gasteiger partial charge in [0.2, 0.25) is 0 Å². The van der Waals surface area contributed by atoms with Crippen molar-refractivity contribution >= 4 is 5.82 Å². The number of fused-ring (bicyclic) bond motifs is 2. The number of ether oxygens (including phenoxy) is 2. The Kier molecular flexibility index (Phi) is 2.76. The molecule has 2 aromatic rings. The van der Waals surface area contributed by atoms with Gasteiger partial charge in [0, 0.05) is 12.6 Å². The summed E-state index contributed by atoms with van der Waals surface area (Å²) in [4.78, 5) is 15.6. The maximum absolute atomic E-state index is 11.9. The molecule has 0 spiro atoms. The van der Waals surface area contributed by atoms with Gasteiger partial charge in [-0.25, -0.2) is 9.48 Å². The molecule has 9 nitrogen and oxygen atoms in total. The highest BCUT2D eigenvalue weighted by atomic mass is 16.6.